The van der Waals surface area contributed by atoms with Crippen LogP contribution < -0.4 is 9.47 Å². The zero-order chi connectivity index (χ0) is 19.8. The summed E-state index contributed by atoms with van der Waals surface area (Å²) in [5.41, 5.74) is 1.77. The molecule has 0 unspecified atom stereocenters. The first-order chi connectivity index (χ1) is 13.7. The fourth-order valence-corrected chi connectivity index (χ4v) is 3.65. The lowest BCUT2D eigenvalue weighted by Gasteiger charge is -2.11. The summed E-state index contributed by atoms with van der Waals surface area (Å²) in [5, 5.41) is 9.59. The Morgan fingerprint density at radius 1 is 1.11 bits per heavy atom. The molecular formula is C21H23N3O3S. The van der Waals surface area contributed by atoms with Gasteiger partial charge in [0.1, 0.15) is 12.1 Å². The SMILES string of the molecule is CCn1c(Cc2ccccc2)nnc1SCCOc1ccc(C=O)cc1OC. The van der Waals surface area contributed by atoms with E-state index in [9.17, 15) is 4.79 Å². The van der Waals surface area contributed by atoms with Crippen LogP contribution in [-0.2, 0) is 13.0 Å². The molecule has 6 nitrogen and oxygen atoms in total. The van der Waals surface area contributed by atoms with E-state index in [-0.39, 0.29) is 0 Å². The summed E-state index contributed by atoms with van der Waals surface area (Å²) in [5.74, 6) is 2.86. The minimum atomic E-state index is 0.492. The van der Waals surface area contributed by atoms with Gasteiger partial charge in [0.2, 0.25) is 0 Å². The number of benzene rings is 2. The zero-order valence-electron chi connectivity index (χ0n) is 16.0. The van der Waals surface area contributed by atoms with Crippen LogP contribution in [0.1, 0.15) is 28.7 Å². The van der Waals surface area contributed by atoms with Crippen molar-refractivity contribution >= 4 is 18.0 Å². The second-order valence-electron chi connectivity index (χ2n) is 6.03. The molecule has 0 saturated carbocycles. The normalized spacial score (nSPS) is 10.6. The topological polar surface area (TPSA) is 66.2 Å². The van der Waals surface area contributed by atoms with Crippen molar-refractivity contribution in [2.75, 3.05) is 19.5 Å². The average Bonchev–Trinajstić information content (AvgIpc) is 3.13. The highest BCUT2D eigenvalue weighted by molar-refractivity contribution is 7.99. The Hall–Kier alpha value is -2.80. The fraction of sp³-hybridized carbons (Fsp3) is 0.286. The van der Waals surface area contributed by atoms with Crippen molar-refractivity contribution in [3.63, 3.8) is 0 Å². The number of aldehydes is 1. The third-order valence-electron chi connectivity index (χ3n) is 4.21. The van der Waals surface area contributed by atoms with Gasteiger partial charge in [-0.05, 0) is 30.7 Å². The molecule has 28 heavy (non-hydrogen) atoms. The molecular weight excluding hydrogens is 374 g/mol. The van der Waals surface area contributed by atoms with E-state index in [4.69, 9.17) is 9.47 Å². The molecule has 0 fully saturated rings. The van der Waals surface area contributed by atoms with Crippen LogP contribution in [0, 0.1) is 0 Å². The van der Waals surface area contributed by atoms with Crippen molar-refractivity contribution in [3.05, 3.63) is 65.5 Å². The molecule has 0 spiro atoms. The second kappa shape index (κ2) is 9.94. The van der Waals surface area contributed by atoms with Crippen LogP contribution in [0.15, 0.2) is 53.7 Å². The molecule has 0 bridgehead atoms. The number of hydrogen-bond acceptors (Lipinski definition) is 6. The van der Waals surface area contributed by atoms with Crippen molar-refractivity contribution in [2.24, 2.45) is 0 Å². The van der Waals surface area contributed by atoms with Crippen LogP contribution in [0.2, 0.25) is 0 Å². The highest BCUT2D eigenvalue weighted by Crippen LogP contribution is 2.28. The molecule has 0 saturated heterocycles. The van der Waals surface area contributed by atoms with E-state index in [1.54, 1.807) is 37.1 Å². The number of thioether (sulfide) groups is 1. The van der Waals surface area contributed by atoms with Crippen molar-refractivity contribution in [1.82, 2.24) is 14.8 Å². The van der Waals surface area contributed by atoms with Crippen LogP contribution in [0.5, 0.6) is 11.5 Å². The van der Waals surface area contributed by atoms with Crippen LogP contribution >= 0.6 is 11.8 Å². The molecule has 0 aliphatic carbocycles. The van der Waals surface area contributed by atoms with Gasteiger partial charge in [-0.25, -0.2) is 0 Å². The maximum Gasteiger partial charge on any atom is 0.191 e. The molecule has 0 aliphatic rings. The lowest BCUT2D eigenvalue weighted by atomic mass is 10.1. The van der Waals surface area contributed by atoms with E-state index < -0.39 is 0 Å². The number of methoxy groups -OCH3 is 1. The Morgan fingerprint density at radius 3 is 2.64 bits per heavy atom. The number of rotatable bonds is 10. The van der Waals surface area contributed by atoms with Gasteiger partial charge in [-0.3, -0.25) is 4.79 Å². The molecule has 3 aromatic rings. The fourth-order valence-electron chi connectivity index (χ4n) is 2.81. The minimum Gasteiger partial charge on any atom is -0.493 e. The average molecular weight is 398 g/mol. The van der Waals surface area contributed by atoms with Crippen LogP contribution in [0.25, 0.3) is 0 Å². The number of carbonyl (C=O) groups is 1. The van der Waals surface area contributed by atoms with E-state index in [1.807, 2.05) is 18.2 Å². The minimum absolute atomic E-state index is 0.492. The third kappa shape index (κ3) is 4.92. The molecule has 7 heteroatoms. The predicted molar refractivity (Wildman–Crippen MR) is 110 cm³/mol. The van der Waals surface area contributed by atoms with Crippen molar-refractivity contribution in [2.45, 2.75) is 25.0 Å². The molecule has 0 atom stereocenters. The molecule has 0 aliphatic heterocycles. The van der Waals surface area contributed by atoms with E-state index >= 15 is 0 Å². The molecule has 0 radical (unpaired) electrons. The summed E-state index contributed by atoms with van der Waals surface area (Å²) in [6, 6.07) is 15.4. The molecule has 0 amide bonds. The highest BCUT2D eigenvalue weighted by atomic mass is 32.2. The van der Waals surface area contributed by atoms with Crippen LogP contribution in [0.3, 0.4) is 0 Å². The van der Waals surface area contributed by atoms with Crippen molar-refractivity contribution in [3.8, 4) is 11.5 Å². The summed E-state index contributed by atoms with van der Waals surface area (Å²) in [4.78, 5) is 10.9. The van der Waals surface area contributed by atoms with Gasteiger partial charge in [0.15, 0.2) is 16.7 Å². The van der Waals surface area contributed by atoms with E-state index in [1.165, 1.54) is 5.56 Å². The second-order valence-corrected chi connectivity index (χ2v) is 7.09. The summed E-state index contributed by atoms with van der Waals surface area (Å²) in [7, 11) is 1.56. The molecule has 2 aromatic carbocycles. The van der Waals surface area contributed by atoms with E-state index in [2.05, 4.69) is 33.8 Å². The van der Waals surface area contributed by atoms with Gasteiger partial charge in [-0.15, -0.1) is 10.2 Å². The van der Waals surface area contributed by atoms with Gasteiger partial charge in [0.25, 0.3) is 0 Å². The Morgan fingerprint density at radius 2 is 1.93 bits per heavy atom. The molecule has 3 rings (SSSR count). The Bertz CT molecular complexity index is 913. The number of nitrogens with zero attached hydrogens (tertiary/aromatic N) is 3. The number of aromatic nitrogens is 3. The monoisotopic (exact) mass is 397 g/mol. The largest absolute Gasteiger partial charge is 0.493 e. The highest BCUT2D eigenvalue weighted by Gasteiger charge is 2.12. The van der Waals surface area contributed by atoms with Crippen molar-refractivity contribution in [1.29, 1.82) is 0 Å². The molecule has 146 valence electrons. The number of carbonyl (C=O) groups excluding carboxylic acids is 1. The maximum atomic E-state index is 10.9. The zero-order valence-corrected chi connectivity index (χ0v) is 16.8. The summed E-state index contributed by atoms with van der Waals surface area (Å²) < 4.78 is 13.2. The van der Waals surface area contributed by atoms with Gasteiger partial charge in [0.05, 0.1) is 13.7 Å². The van der Waals surface area contributed by atoms with Gasteiger partial charge >= 0.3 is 0 Å². The van der Waals surface area contributed by atoms with Gasteiger partial charge in [0, 0.05) is 24.3 Å². The number of ether oxygens (including phenoxy) is 2. The van der Waals surface area contributed by atoms with Gasteiger partial charge in [-0.1, -0.05) is 42.1 Å². The Kier molecular flexibility index (Phi) is 7.08. The predicted octanol–water partition coefficient (Wildman–Crippen LogP) is 3.88. The smallest absolute Gasteiger partial charge is 0.191 e. The maximum absolute atomic E-state index is 10.9. The summed E-state index contributed by atoms with van der Waals surface area (Å²) in [6.07, 6.45) is 1.55. The quantitative estimate of drug-likeness (QED) is 0.294. The number of hydrogen-bond donors (Lipinski definition) is 0. The van der Waals surface area contributed by atoms with E-state index in [0.29, 0.717) is 23.7 Å². The first kappa shape index (κ1) is 19.9. The Labute approximate surface area is 168 Å². The first-order valence-corrected chi connectivity index (χ1v) is 10.1. The summed E-state index contributed by atoms with van der Waals surface area (Å²) in [6.45, 7) is 3.41. The lowest BCUT2D eigenvalue weighted by Crippen LogP contribution is -2.06. The third-order valence-corrected chi connectivity index (χ3v) is 5.14. The molecule has 1 heterocycles. The first-order valence-electron chi connectivity index (χ1n) is 9.10. The van der Waals surface area contributed by atoms with Crippen LogP contribution in [0.4, 0.5) is 0 Å². The van der Waals surface area contributed by atoms with Crippen LogP contribution in [-0.4, -0.2) is 40.5 Å². The molecule has 0 N–H and O–H groups in total. The van der Waals surface area contributed by atoms with E-state index in [0.717, 1.165) is 36.0 Å². The van der Waals surface area contributed by atoms with Gasteiger partial charge in [-0.2, -0.15) is 0 Å². The Balaban J connectivity index is 1.57. The lowest BCUT2D eigenvalue weighted by molar-refractivity contribution is 0.112. The summed E-state index contributed by atoms with van der Waals surface area (Å²) >= 11 is 1.61. The standard InChI is InChI=1S/C21H23N3O3S/c1-3-24-20(14-16-7-5-4-6-8-16)22-23-21(24)28-12-11-27-18-10-9-17(15-25)13-19(18)26-2/h4-10,13,15H,3,11-12,14H2,1-2H3. The molecule has 1 aromatic heterocycles. The van der Waals surface area contributed by atoms with Gasteiger partial charge < -0.3 is 14.0 Å². The van der Waals surface area contributed by atoms with Crippen molar-refractivity contribution < 1.29 is 14.3 Å².